The van der Waals surface area contributed by atoms with Crippen LogP contribution in [0.2, 0.25) is 0 Å². The van der Waals surface area contributed by atoms with Gasteiger partial charge < -0.3 is 29.2 Å². The molecule has 200 valence electrons. The molecule has 4 rings (SSSR count). The fraction of sp³-hybridized carbons (Fsp3) is 0.500. The monoisotopic (exact) mass is 530 g/mol. The average Bonchev–Trinajstić information content (AvgIpc) is 2.93. The van der Waals surface area contributed by atoms with E-state index in [2.05, 4.69) is 5.32 Å². The zero-order valence-corrected chi connectivity index (χ0v) is 22.2. The summed E-state index contributed by atoms with van der Waals surface area (Å²) in [6.45, 7) is 2.72. The largest absolute Gasteiger partial charge is 0.493 e. The maximum absolute atomic E-state index is 13.8. The van der Waals surface area contributed by atoms with Gasteiger partial charge in [0.05, 0.1) is 20.3 Å². The molecule has 2 atom stereocenters. The van der Waals surface area contributed by atoms with Gasteiger partial charge in [0.15, 0.2) is 29.1 Å². The first-order valence-corrected chi connectivity index (χ1v) is 13.4. The number of carbonyl (C=O) groups is 2. The Labute approximate surface area is 223 Å². The minimum atomic E-state index is -0.932. The molecule has 1 N–H and O–H groups in total. The Bertz CT molecular complexity index is 1070. The summed E-state index contributed by atoms with van der Waals surface area (Å²) in [5.41, 5.74) is 0.601. The van der Waals surface area contributed by atoms with Crippen molar-refractivity contribution in [1.29, 1.82) is 0 Å². The van der Waals surface area contributed by atoms with Crippen molar-refractivity contribution in [3.05, 3.63) is 48.0 Å². The lowest BCUT2D eigenvalue weighted by Gasteiger charge is -2.36. The van der Waals surface area contributed by atoms with Gasteiger partial charge in [-0.05, 0) is 49.6 Å². The fourth-order valence-corrected chi connectivity index (χ4v) is 5.08. The van der Waals surface area contributed by atoms with Crippen molar-refractivity contribution in [2.75, 3.05) is 32.7 Å². The molecular weight excluding hydrogens is 496 g/mol. The van der Waals surface area contributed by atoms with E-state index in [9.17, 15) is 9.59 Å². The maximum atomic E-state index is 13.8. The lowest BCUT2D eigenvalue weighted by atomic mass is 9.94. The second-order valence-corrected chi connectivity index (χ2v) is 9.53. The number of para-hydroxylation sites is 2. The summed E-state index contributed by atoms with van der Waals surface area (Å²) in [5.74, 6) is 1.40. The zero-order valence-electron chi connectivity index (χ0n) is 21.4. The number of halogens is 1. The van der Waals surface area contributed by atoms with E-state index in [-0.39, 0.29) is 36.9 Å². The number of fused-ring (bicyclic) bond motifs is 1. The van der Waals surface area contributed by atoms with Gasteiger partial charge in [-0.2, -0.15) is 0 Å². The van der Waals surface area contributed by atoms with Gasteiger partial charge >= 0.3 is 0 Å². The molecule has 8 nitrogen and oxygen atoms in total. The van der Waals surface area contributed by atoms with Crippen LogP contribution in [0, 0.1) is 0 Å². The van der Waals surface area contributed by atoms with Crippen LogP contribution in [0.5, 0.6) is 23.0 Å². The van der Waals surface area contributed by atoms with Gasteiger partial charge in [0.25, 0.3) is 0 Å². The fourth-order valence-electron chi connectivity index (χ4n) is 4.93. The number of rotatable bonds is 10. The number of hydrogen-bond acceptors (Lipinski definition) is 6. The number of methoxy groups -OCH3 is 1. The van der Waals surface area contributed by atoms with E-state index in [1.807, 2.05) is 31.2 Å². The molecular formula is C28H35ClN2O6. The van der Waals surface area contributed by atoms with E-state index in [4.69, 9.17) is 30.5 Å². The average molecular weight is 531 g/mol. The van der Waals surface area contributed by atoms with E-state index in [0.29, 0.717) is 35.2 Å². The SMILES string of the molecule is CCOc1ccc([C@@H](C(=O)NC2CCCCC2)N(C[C@H]2COc3ccccc3O2)C(=O)CCl)cc1OC. The standard InChI is InChI=1S/C28H35ClN2O6/c1-3-35-23-14-13-19(15-25(23)34-2)27(28(33)30-20-9-5-4-6-10-20)31(26(32)16-29)17-21-18-36-22-11-7-8-12-24(22)37-21/h7-8,11-15,20-21,27H,3-6,9-10,16-18H2,1-2H3,(H,30,33)/t21-,27-/m0/s1. The molecule has 9 heteroatoms. The zero-order chi connectivity index (χ0) is 26.2. The van der Waals surface area contributed by atoms with Gasteiger partial charge in [0.2, 0.25) is 11.8 Å². The summed E-state index contributed by atoms with van der Waals surface area (Å²) in [4.78, 5) is 28.5. The Morgan fingerprint density at radius 2 is 1.86 bits per heavy atom. The Morgan fingerprint density at radius 1 is 1.11 bits per heavy atom. The van der Waals surface area contributed by atoms with Crippen molar-refractivity contribution >= 4 is 23.4 Å². The summed E-state index contributed by atoms with van der Waals surface area (Å²) >= 11 is 6.06. The van der Waals surface area contributed by atoms with Crippen LogP contribution in [0.1, 0.15) is 50.6 Å². The normalized spacial score (nSPS) is 18.0. The van der Waals surface area contributed by atoms with Crippen LogP contribution < -0.4 is 24.3 Å². The molecule has 0 radical (unpaired) electrons. The Balaban J connectivity index is 1.66. The third kappa shape index (κ3) is 6.60. The molecule has 37 heavy (non-hydrogen) atoms. The Morgan fingerprint density at radius 3 is 2.57 bits per heavy atom. The molecule has 0 bridgehead atoms. The highest BCUT2D eigenvalue weighted by Gasteiger charge is 2.36. The molecule has 1 aliphatic carbocycles. The molecule has 2 aromatic rings. The smallest absolute Gasteiger partial charge is 0.247 e. The quantitative estimate of drug-likeness (QED) is 0.455. The molecule has 2 amide bonds. The molecule has 2 aromatic carbocycles. The van der Waals surface area contributed by atoms with Crippen molar-refractivity contribution in [1.82, 2.24) is 10.2 Å². The Kier molecular flexibility index (Phi) is 9.39. The highest BCUT2D eigenvalue weighted by Crippen LogP contribution is 2.35. The van der Waals surface area contributed by atoms with Crippen LogP contribution >= 0.6 is 11.6 Å². The Hall–Kier alpha value is -3.13. The van der Waals surface area contributed by atoms with Crippen molar-refractivity contribution in [3.8, 4) is 23.0 Å². The van der Waals surface area contributed by atoms with Crippen molar-refractivity contribution in [2.45, 2.75) is 57.2 Å². The summed E-state index contributed by atoms with van der Waals surface area (Å²) in [6, 6.07) is 11.8. The number of nitrogens with zero attached hydrogens (tertiary/aromatic N) is 1. The van der Waals surface area contributed by atoms with Gasteiger partial charge in [0, 0.05) is 6.04 Å². The van der Waals surface area contributed by atoms with Crippen LogP contribution in [-0.2, 0) is 9.59 Å². The topological polar surface area (TPSA) is 86.3 Å². The van der Waals surface area contributed by atoms with Gasteiger partial charge in [-0.3, -0.25) is 9.59 Å². The number of carbonyl (C=O) groups excluding carboxylic acids is 2. The van der Waals surface area contributed by atoms with Crippen LogP contribution in [-0.4, -0.2) is 61.6 Å². The molecule has 2 aliphatic rings. The number of amides is 2. The molecule has 1 heterocycles. The summed E-state index contributed by atoms with van der Waals surface area (Å²) in [7, 11) is 1.55. The second-order valence-electron chi connectivity index (χ2n) is 9.27. The lowest BCUT2D eigenvalue weighted by molar-refractivity contribution is -0.141. The van der Waals surface area contributed by atoms with Crippen molar-refractivity contribution in [2.24, 2.45) is 0 Å². The van der Waals surface area contributed by atoms with E-state index >= 15 is 0 Å². The number of ether oxygens (including phenoxy) is 4. The number of benzene rings is 2. The first-order valence-electron chi connectivity index (χ1n) is 12.9. The number of hydrogen-bond donors (Lipinski definition) is 1. The molecule has 0 saturated heterocycles. The molecule has 0 spiro atoms. The van der Waals surface area contributed by atoms with Crippen LogP contribution in [0.3, 0.4) is 0 Å². The second kappa shape index (κ2) is 12.9. The van der Waals surface area contributed by atoms with Crippen LogP contribution in [0.4, 0.5) is 0 Å². The number of alkyl halides is 1. The van der Waals surface area contributed by atoms with Crippen molar-refractivity contribution < 1.29 is 28.5 Å². The molecule has 1 aliphatic heterocycles. The maximum Gasteiger partial charge on any atom is 0.247 e. The molecule has 0 aromatic heterocycles. The third-order valence-corrected chi connectivity index (χ3v) is 6.95. The summed E-state index contributed by atoms with van der Waals surface area (Å²) < 4.78 is 23.2. The van der Waals surface area contributed by atoms with Crippen LogP contribution in [0.15, 0.2) is 42.5 Å². The molecule has 0 unspecified atom stereocenters. The minimum absolute atomic E-state index is 0.0717. The molecule has 1 saturated carbocycles. The third-order valence-electron chi connectivity index (χ3n) is 6.72. The number of nitrogens with one attached hydrogen (secondary N) is 1. The summed E-state index contributed by atoms with van der Waals surface area (Å²) in [5, 5.41) is 3.19. The van der Waals surface area contributed by atoms with Crippen LogP contribution in [0.25, 0.3) is 0 Å². The van der Waals surface area contributed by atoms with Gasteiger partial charge in [-0.15, -0.1) is 11.6 Å². The highest BCUT2D eigenvalue weighted by molar-refractivity contribution is 6.27. The van der Waals surface area contributed by atoms with Gasteiger partial charge in [0.1, 0.15) is 18.5 Å². The van der Waals surface area contributed by atoms with Crippen molar-refractivity contribution in [3.63, 3.8) is 0 Å². The highest BCUT2D eigenvalue weighted by atomic mass is 35.5. The lowest BCUT2D eigenvalue weighted by Crippen LogP contribution is -2.51. The predicted octanol–water partition coefficient (Wildman–Crippen LogP) is 4.49. The van der Waals surface area contributed by atoms with E-state index in [0.717, 1.165) is 25.7 Å². The van der Waals surface area contributed by atoms with E-state index in [1.54, 1.807) is 25.3 Å². The minimum Gasteiger partial charge on any atom is -0.493 e. The molecule has 1 fully saturated rings. The van der Waals surface area contributed by atoms with Gasteiger partial charge in [-0.25, -0.2) is 0 Å². The predicted molar refractivity (Wildman–Crippen MR) is 141 cm³/mol. The first-order chi connectivity index (χ1) is 18.0. The van der Waals surface area contributed by atoms with Gasteiger partial charge in [-0.1, -0.05) is 37.5 Å². The first kappa shape index (κ1) is 26.9. The summed E-state index contributed by atoms with van der Waals surface area (Å²) in [6.07, 6.45) is 4.68. The van der Waals surface area contributed by atoms with E-state index < -0.39 is 12.1 Å². The van der Waals surface area contributed by atoms with E-state index in [1.165, 1.54) is 11.3 Å².